The van der Waals surface area contributed by atoms with E-state index in [1.807, 2.05) is 19.1 Å². The minimum Gasteiger partial charge on any atom is -0.497 e. The smallest absolute Gasteiger partial charge is 0.118 e. The third-order valence-corrected chi connectivity index (χ3v) is 4.51. The van der Waals surface area contributed by atoms with Crippen LogP contribution in [0.25, 0.3) is 0 Å². The zero-order valence-corrected chi connectivity index (χ0v) is 10.4. The van der Waals surface area contributed by atoms with Gasteiger partial charge in [-0.25, -0.2) is 0 Å². The van der Waals surface area contributed by atoms with Gasteiger partial charge < -0.3 is 15.2 Å². The van der Waals surface area contributed by atoms with Crippen molar-refractivity contribution in [2.45, 2.75) is 36.8 Å². The highest BCUT2D eigenvalue weighted by Gasteiger charge is 2.74. The van der Waals surface area contributed by atoms with Gasteiger partial charge in [0.05, 0.1) is 18.2 Å². The van der Waals surface area contributed by atoms with Gasteiger partial charge >= 0.3 is 0 Å². The molecule has 92 valence electrons. The van der Waals surface area contributed by atoms with E-state index in [9.17, 15) is 5.11 Å². The fourth-order valence-corrected chi connectivity index (χ4v) is 3.53. The summed E-state index contributed by atoms with van der Waals surface area (Å²) in [5.74, 6) is 1.07. The van der Waals surface area contributed by atoms with Gasteiger partial charge in [0.25, 0.3) is 0 Å². The Morgan fingerprint density at radius 1 is 1.35 bits per heavy atom. The highest BCUT2D eigenvalue weighted by molar-refractivity contribution is 5.46. The van der Waals surface area contributed by atoms with E-state index in [0.717, 1.165) is 25.1 Å². The van der Waals surface area contributed by atoms with Crippen molar-refractivity contribution in [1.82, 2.24) is 5.32 Å². The third kappa shape index (κ3) is 1.36. The van der Waals surface area contributed by atoms with Crippen LogP contribution in [-0.4, -0.2) is 29.9 Å². The molecular weight excluding hydrogens is 214 g/mol. The first kappa shape index (κ1) is 11.1. The molecule has 1 heterocycles. The molecule has 0 amide bonds. The Kier molecular flexibility index (Phi) is 2.25. The summed E-state index contributed by atoms with van der Waals surface area (Å²) in [5.41, 5.74) is 0.504. The first-order chi connectivity index (χ1) is 8.12. The number of ether oxygens (including phenoxy) is 1. The van der Waals surface area contributed by atoms with Gasteiger partial charge in [0.2, 0.25) is 0 Å². The van der Waals surface area contributed by atoms with Crippen molar-refractivity contribution in [2.75, 3.05) is 13.7 Å². The van der Waals surface area contributed by atoms with E-state index in [1.165, 1.54) is 5.56 Å². The van der Waals surface area contributed by atoms with Crippen LogP contribution in [0.5, 0.6) is 5.75 Å². The molecule has 17 heavy (non-hydrogen) atoms. The van der Waals surface area contributed by atoms with Gasteiger partial charge in [-0.1, -0.05) is 12.1 Å². The molecule has 0 bridgehead atoms. The number of nitrogens with one attached hydrogen (secondary N) is 1. The number of methoxy groups -OCH3 is 1. The maximum absolute atomic E-state index is 10.5. The van der Waals surface area contributed by atoms with Gasteiger partial charge in [-0.15, -0.1) is 0 Å². The molecule has 1 aliphatic heterocycles. The summed E-state index contributed by atoms with van der Waals surface area (Å²) in [7, 11) is 1.67. The SMILES string of the molecule is COc1ccc(C2[C@@](C)(O)[C@@]23CCCN3)cc1. The van der Waals surface area contributed by atoms with Crippen molar-refractivity contribution < 1.29 is 9.84 Å². The average molecular weight is 233 g/mol. The Morgan fingerprint density at radius 2 is 2.06 bits per heavy atom. The van der Waals surface area contributed by atoms with Crippen LogP contribution in [0.3, 0.4) is 0 Å². The maximum atomic E-state index is 10.5. The third-order valence-electron chi connectivity index (χ3n) is 4.51. The summed E-state index contributed by atoms with van der Waals surface area (Å²) >= 11 is 0. The zero-order valence-electron chi connectivity index (χ0n) is 10.4. The lowest BCUT2D eigenvalue weighted by molar-refractivity contribution is 0.133. The minimum absolute atomic E-state index is 0.0818. The van der Waals surface area contributed by atoms with E-state index >= 15 is 0 Å². The van der Waals surface area contributed by atoms with Crippen LogP contribution in [0.2, 0.25) is 0 Å². The molecule has 1 spiro atoms. The topological polar surface area (TPSA) is 41.5 Å². The fourth-order valence-electron chi connectivity index (χ4n) is 3.53. The predicted octanol–water partition coefficient (Wildman–Crippen LogP) is 1.67. The molecule has 1 saturated heterocycles. The van der Waals surface area contributed by atoms with Gasteiger partial charge in [0.1, 0.15) is 5.75 Å². The maximum Gasteiger partial charge on any atom is 0.118 e. The molecule has 2 aliphatic rings. The fraction of sp³-hybridized carbons (Fsp3) is 0.571. The van der Waals surface area contributed by atoms with Crippen molar-refractivity contribution in [3.8, 4) is 5.75 Å². The van der Waals surface area contributed by atoms with Gasteiger partial charge in [-0.3, -0.25) is 0 Å². The number of aliphatic hydroxyl groups is 1. The molecule has 0 radical (unpaired) electrons. The van der Waals surface area contributed by atoms with Crippen LogP contribution in [0, 0.1) is 0 Å². The Morgan fingerprint density at radius 3 is 2.59 bits per heavy atom. The Hall–Kier alpha value is -1.06. The van der Waals surface area contributed by atoms with E-state index in [0.29, 0.717) is 0 Å². The van der Waals surface area contributed by atoms with Crippen LogP contribution in [0.15, 0.2) is 24.3 Å². The molecule has 1 aromatic rings. The molecule has 1 saturated carbocycles. The number of rotatable bonds is 2. The lowest BCUT2D eigenvalue weighted by Crippen LogP contribution is -2.33. The van der Waals surface area contributed by atoms with E-state index in [1.54, 1.807) is 7.11 Å². The van der Waals surface area contributed by atoms with Crippen LogP contribution in [0.1, 0.15) is 31.2 Å². The van der Waals surface area contributed by atoms with Gasteiger partial charge in [-0.05, 0) is 44.0 Å². The molecule has 0 aromatic heterocycles. The zero-order chi connectivity index (χ0) is 12.1. The number of benzene rings is 1. The second-order valence-corrected chi connectivity index (χ2v) is 5.36. The second-order valence-electron chi connectivity index (χ2n) is 5.36. The van der Waals surface area contributed by atoms with Crippen LogP contribution >= 0.6 is 0 Å². The Balaban J connectivity index is 1.90. The quantitative estimate of drug-likeness (QED) is 0.816. The molecule has 3 heteroatoms. The summed E-state index contributed by atoms with van der Waals surface area (Å²) in [6, 6.07) is 8.05. The predicted molar refractivity (Wildman–Crippen MR) is 66.3 cm³/mol. The molecule has 3 nitrogen and oxygen atoms in total. The van der Waals surface area contributed by atoms with Crippen molar-refractivity contribution in [2.24, 2.45) is 0 Å². The van der Waals surface area contributed by atoms with Crippen LogP contribution < -0.4 is 10.1 Å². The lowest BCUT2D eigenvalue weighted by atomic mass is 10.0. The molecular formula is C14H19NO2. The summed E-state index contributed by atoms with van der Waals surface area (Å²) in [6.07, 6.45) is 2.22. The highest BCUT2D eigenvalue weighted by Crippen LogP contribution is 2.64. The second kappa shape index (κ2) is 3.47. The van der Waals surface area contributed by atoms with Crippen molar-refractivity contribution in [3.63, 3.8) is 0 Å². The highest BCUT2D eigenvalue weighted by atomic mass is 16.5. The van der Waals surface area contributed by atoms with Gasteiger partial charge in [0, 0.05) is 5.92 Å². The molecule has 2 N–H and O–H groups in total. The molecule has 3 atom stereocenters. The summed E-state index contributed by atoms with van der Waals surface area (Å²) < 4.78 is 5.16. The summed E-state index contributed by atoms with van der Waals surface area (Å²) in [5, 5.41) is 14.0. The average Bonchev–Trinajstić information content (AvgIpc) is 2.71. The van der Waals surface area contributed by atoms with E-state index in [-0.39, 0.29) is 11.5 Å². The number of hydrogen-bond acceptors (Lipinski definition) is 3. The lowest BCUT2D eigenvalue weighted by Gasteiger charge is -2.11. The van der Waals surface area contributed by atoms with E-state index < -0.39 is 5.60 Å². The minimum atomic E-state index is -0.613. The first-order valence-electron chi connectivity index (χ1n) is 6.23. The molecule has 3 rings (SSSR count). The molecule has 2 fully saturated rings. The summed E-state index contributed by atoms with van der Waals surface area (Å²) in [4.78, 5) is 0. The normalized spacial score (nSPS) is 39.6. The Labute approximate surface area is 102 Å². The monoisotopic (exact) mass is 233 g/mol. The Bertz CT molecular complexity index is 418. The van der Waals surface area contributed by atoms with Crippen molar-refractivity contribution in [3.05, 3.63) is 29.8 Å². The molecule has 1 unspecified atom stereocenters. The van der Waals surface area contributed by atoms with Crippen LogP contribution in [0.4, 0.5) is 0 Å². The van der Waals surface area contributed by atoms with Crippen LogP contribution in [-0.2, 0) is 0 Å². The first-order valence-corrected chi connectivity index (χ1v) is 6.23. The molecule has 1 aromatic carbocycles. The van der Waals surface area contributed by atoms with E-state index in [4.69, 9.17) is 4.74 Å². The van der Waals surface area contributed by atoms with Crippen molar-refractivity contribution in [1.29, 1.82) is 0 Å². The van der Waals surface area contributed by atoms with E-state index in [2.05, 4.69) is 17.4 Å². The molecule has 1 aliphatic carbocycles. The summed E-state index contributed by atoms with van der Waals surface area (Å²) in [6.45, 7) is 2.96. The standard InChI is InChI=1S/C14H19NO2/c1-13(16)12(14(13)8-3-9-15-14)10-4-6-11(17-2)7-5-10/h4-7,12,15-16H,3,8-9H2,1-2H3/t12?,13-,14-/m1/s1. The van der Waals surface area contributed by atoms with Crippen molar-refractivity contribution >= 4 is 0 Å². The largest absolute Gasteiger partial charge is 0.497 e. The number of hydrogen-bond donors (Lipinski definition) is 2. The van der Waals surface area contributed by atoms with Gasteiger partial charge in [-0.2, -0.15) is 0 Å². The van der Waals surface area contributed by atoms with Gasteiger partial charge in [0.15, 0.2) is 0 Å².